The smallest absolute Gasteiger partial charge is 0.277 e. The maximum Gasteiger partial charge on any atom is 0.277 e. The Bertz CT molecular complexity index is 496. The Balaban J connectivity index is 2.79. The van der Waals surface area contributed by atoms with Crippen molar-refractivity contribution in [3.63, 3.8) is 0 Å². The number of hydrogen-bond acceptors (Lipinski definition) is 3. The molecule has 0 radical (unpaired) electrons. The summed E-state index contributed by atoms with van der Waals surface area (Å²) in [6, 6.07) is 0. The zero-order valence-corrected chi connectivity index (χ0v) is 11.7. The normalized spacial score (nSPS) is 13.0. The van der Waals surface area contributed by atoms with E-state index >= 15 is 0 Å². The van der Waals surface area contributed by atoms with E-state index in [0.717, 1.165) is 5.69 Å². The molecule has 3 nitrogen and oxygen atoms in total. The zero-order chi connectivity index (χ0) is 13.5. The van der Waals surface area contributed by atoms with E-state index in [-0.39, 0.29) is 0 Å². The fourth-order valence-electron chi connectivity index (χ4n) is 1.37. The van der Waals surface area contributed by atoms with Gasteiger partial charge in [-0.2, -0.15) is 0 Å². The summed E-state index contributed by atoms with van der Waals surface area (Å²) in [6.07, 6.45) is 9.97. The number of primary amides is 1. The summed E-state index contributed by atoms with van der Waals surface area (Å²) in [4.78, 5) is 15.0. The minimum absolute atomic E-state index is 0.344. The van der Waals surface area contributed by atoms with Crippen molar-refractivity contribution in [1.29, 1.82) is 0 Å². The lowest BCUT2D eigenvalue weighted by Gasteiger charge is -2.03. The fourth-order valence-corrected chi connectivity index (χ4v) is 2.00. The average molecular weight is 262 g/mol. The predicted octanol–water partition coefficient (Wildman–Crippen LogP) is 3.41. The highest BCUT2D eigenvalue weighted by molar-refractivity contribution is 7.11. The molecule has 1 aromatic heterocycles. The van der Waals surface area contributed by atoms with Gasteiger partial charge >= 0.3 is 0 Å². The minimum atomic E-state index is -0.480. The molecule has 1 heterocycles. The Hall–Kier alpha value is -1.68. The molecule has 4 heteroatoms. The van der Waals surface area contributed by atoms with Crippen molar-refractivity contribution < 1.29 is 4.79 Å². The van der Waals surface area contributed by atoms with Gasteiger partial charge in [0.25, 0.3) is 5.91 Å². The van der Waals surface area contributed by atoms with E-state index in [1.165, 1.54) is 16.9 Å². The summed E-state index contributed by atoms with van der Waals surface area (Å²) in [7, 11) is 0. The molecule has 1 aromatic rings. The van der Waals surface area contributed by atoms with Crippen molar-refractivity contribution in [1.82, 2.24) is 4.98 Å². The summed E-state index contributed by atoms with van der Waals surface area (Å²) in [5.41, 5.74) is 7.15. The van der Waals surface area contributed by atoms with E-state index in [1.54, 1.807) is 0 Å². The third-order valence-corrected chi connectivity index (χ3v) is 3.19. The highest BCUT2D eigenvalue weighted by Crippen LogP contribution is 2.13. The van der Waals surface area contributed by atoms with Crippen LogP contribution in [0.2, 0.25) is 0 Å². The topological polar surface area (TPSA) is 56.0 Å². The maximum atomic E-state index is 10.9. The van der Waals surface area contributed by atoms with Gasteiger partial charge in [0.15, 0.2) is 5.01 Å². The van der Waals surface area contributed by atoms with Gasteiger partial charge in [0.05, 0.1) is 5.69 Å². The molecule has 0 aromatic carbocycles. The molecule has 0 bridgehead atoms. The number of allylic oxidation sites excluding steroid dienone is 5. The standard InChI is InChI=1S/C14H18N2OS/c1-4-6-11(10(2)3)7-5-8-12-9-18-14(16-12)13(15)17/h4-10H,1-3H3,(H2,15,17)/b6-4-,8-5+,11-7+. The van der Waals surface area contributed by atoms with Gasteiger partial charge in [-0.25, -0.2) is 4.98 Å². The fraction of sp³-hybridized carbons (Fsp3) is 0.286. The quantitative estimate of drug-likeness (QED) is 0.827. The van der Waals surface area contributed by atoms with Crippen LogP contribution in [-0.2, 0) is 0 Å². The molecule has 0 saturated heterocycles. The van der Waals surface area contributed by atoms with Crippen LogP contribution in [0.3, 0.4) is 0 Å². The van der Waals surface area contributed by atoms with Gasteiger partial charge in [-0.3, -0.25) is 4.79 Å². The van der Waals surface area contributed by atoms with Crippen LogP contribution >= 0.6 is 11.3 Å². The highest BCUT2D eigenvalue weighted by Gasteiger charge is 2.04. The monoisotopic (exact) mass is 262 g/mol. The average Bonchev–Trinajstić information content (AvgIpc) is 2.76. The van der Waals surface area contributed by atoms with Crippen LogP contribution in [0.4, 0.5) is 0 Å². The van der Waals surface area contributed by atoms with Gasteiger partial charge in [-0.05, 0) is 24.5 Å². The molecule has 0 fully saturated rings. The molecule has 2 N–H and O–H groups in total. The van der Waals surface area contributed by atoms with Crippen molar-refractivity contribution in [3.05, 3.63) is 46.0 Å². The van der Waals surface area contributed by atoms with Crippen LogP contribution in [0.1, 0.15) is 36.3 Å². The number of hydrogen-bond donors (Lipinski definition) is 1. The lowest BCUT2D eigenvalue weighted by molar-refractivity contribution is 0.1000. The Kier molecular flexibility index (Phi) is 5.52. The van der Waals surface area contributed by atoms with Crippen LogP contribution in [0, 0.1) is 5.92 Å². The molecule has 0 spiro atoms. The van der Waals surface area contributed by atoms with E-state index in [9.17, 15) is 4.79 Å². The van der Waals surface area contributed by atoms with Crippen LogP contribution in [-0.4, -0.2) is 10.9 Å². The first-order valence-electron chi connectivity index (χ1n) is 5.81. The van der Waals surface area contributed by atoms with Crippen molar-refractivity contribution in [2.75, 3.05) is 0 Å². The molecule has 1 amide bonds. The van der Waals surface area contributed by atoms with Crippen LogP contribution < -0.4 is 5.73 Å². The number of amides is 1. The predicted molar refractivity (Wildman–Crippen MR) is 77.4 cm³/mol. The lowest BCUT2D eigenvalue weighted by Crippen LogP contribution is -2.10. The van der Waals surface area contributed by atoms with Gasteiger partial charge in [-0.15, -0.1) is 11.3 Å². The summed E-state index contributed by atoms with van der Waals surface area (Å²) in [5, 5.41) is 2.16. The summed E-state index contributed by atoms with van der Waals surface area (Å²) in [5.74, 6) is -0.00515. The molecule has 0 aliphatic heterocycles. The van der Waals surface area contributed by atoms with Crippen molar-refractivity contribution in [3.8, 4) is 0 Å². The van der Waals surface area contributed by atoms with Gasteiger partial charge in [-0.1, -0.05) is 38.2 Å². The van der Waals surface area contributed by atoms with E-state index in [4.69, 9.17) is 5.73 Å². The molecular weight excluding hydrogens is 244 g/mol. The first-order chi connectivity index (χ1) is 8.54. The van der Waals surface area contributed by atoms with Crippen molar-refractivity contribution in [2.24, 2.45) is 11.7 Å². The Morgan fingerprint density at radius 3 is 2.72 bits per heavy atom. The first kappa shape index (κ1) is 14.4. The van der Waals surface area contributed by atoms with E-state index < -0.39 is 5.91 Å². The second-order valence-corrected chi connectivity index (χ2v) is 4.98. The molecule has 18 heavy (non-hydrogen) atoms. The van der Waals surface area contributed by atoms with Crippen LogP contribution in [0.25, 0.3) is 6.08 Å². The number of rotatable bonds is 5. The number of carbonyl (C=O) groups is 1. The summed E-state index contributed by atoms with van der Waals surface area (Å²) < 4.78 is 0. The van der Waals surface area contributed by atoms with E-state index in [2.05, 4.69) is 24.9 Å². The molecular formula is C14H18N2OS. The Labute approximate surface area is 112 Å². The molecule has 1 rings (SSSR count). The largest absolute Gasteiger partial charge is 0.364 e. The van der Waals surface area contributed by atoms with Gasteiger partial charge in [0.1, 0.15) is 0 Å². The number of nitrogens with two attached hydrogens (primary N) is 1. The number of carbonyl (C=O) groups excluding carboxylic acids is 1. The second kappa shape index (κ2) is 6.91. The highest BCUT2D eigenvalue weighted by atomic mass is 32.1. The molecule has 0 aliphatic rings. The molecule has 0 unspecified atom stereocenters. The van der Waals surface area contributed by atoms with Crippen molar-refractivity contribution >= 4 is 23.3 Å². The minimum Gasteiger partial charge on any atom is -0.364 e. The number of nitrogens with zero attached hydrogens (tertiary/aromatic N) is 1. The first-order valence-corrected chi connectivity index (χ1v) is 6.68. The molecule has 0 atom stereocenters. The van der Waals surface area contributed by atoms with Gasteiger partial charge in [0, 0.05) is 5.38 Å². The van der Waals surface area contributed by atoms with Gasteiger partial charge in [0.2, 0.25) is 0 Å². The third-order valence-electron chi connectivity index (χ3n) is 2.31. The number of aromatic nitrogens is 1. The van der Waals surface area contributed by atoms with Crippen LogP contribution in [0.5, 0.6) is 0 Å². The Morgan fingerprint density at radius 1 is 1.50 bits per heavy atom. The zero-order valence-electron chi connectivity index (χ0n) is 10.9. The number of thiazole rings is 1. The molecule has 0 aliphatic carbocycles. The summed E-state index contributed by atoms with van der Waals surface area (Å²) in [6.45, 7) is 6.29. The second-order valence-electron chi connectivity index (χ2n) is 4.12. The Morgan fingerprint density at radius 2 is 2.22 bits per heavy atom. The molecule has 0 saturated carbocycles. The van der Waals surface area contributed by atoms with Crippen LogP contribution in [0.15, 0.2) is 35.3 Å². The SMILES string of the molecule is C\C=C/C(=C\C=C\c1csc(C(N)=O)n1)C(C)C. The third kappa shape index (κ3) is 4.30. The summed E-state index contributed by atoms with van der Waals surface area (Å²) >= 11 is 1.26. The maximum absolute atomic E-state index is 10.9. The van der Waals surface area contributed by atoms with Gasteiger partial charge < -0.3 is 5.73 Å². The molecule has 96 valence electrons. The lowest BCUT2D eigenvalue weighted by atomic mass is 10.0. The van der Waals surface area contributed by atoms with E-state index in [1.807, 2.05) is 36.6 Å². The van der Waals surface area contributed by atoms with E-state index in [0.29, 0.717) is 10.9 Å². The van der Waals surface area contributed by atoms with Crippen molar-refractivity contribution in [2.45, 2.75) is 20.8 Å².